The summed E-state index contributed by atoms with van der Waals surface area (Å²) in [5.41, 5.74) is 1.47. The van der Waals surface area contributed by atoms with Crippen LogP contribution in [0.2, 0.25) is 0 Å². The van der Waals surface area contributed by atoms with E-state index >= 15 is 0 Å². The number of carboxylic acids is 1. The Morgan fingerprint density at radius 3 is 2.61 bits per heavy atom. The summed E-state index contributed by atoms with van der Waals surface area (Å²) in [7, 11) is -2.28. The molecule has 0 aliphatic heterocycles. The first-order valence-corrected chi connectivity index (χ1v) is 8.19. The first-order valence-electron chi connectivity index (χ1n) is 6.71. The van der Waals surface area contributed by atoms with Crippen LogP contribution < -0.4 is 9.46 Å². The minimum Gasteiger partial charge on any atom is -0.496 e. The summed E-state index contributed by atoms with van der Waals surface area (Å²) >= 11 is 0. The van der Waals surface area contributed by atoms with Gasteiger partial charge in [-0.2, -0.15) is 0 Å². The lowest BCUT2D eigenvalue weighted by Crippen LogP contribution is -2.24. The molecule has 0 radical (unpaired) electrons. The van der Waals surface area contributed by atoms with Crippen LogP contribution in [0.25, 0.3) is 0 Å². The second-order valence-electron chi connectivity index (χ2n) is 4.99. The SMILES string of the molecule is COc1cc(C)c(S(=O)(=O)NCc2ccoc2C(=O)O)cc1C. The van der Waals surface area contributed by atoms with Gasteiger partial charge in [0.15, 0.2) is 0 Å². The van der Waals surface area contributed by atoms with Gasteiger partial charge < -0.3 is 14.3 Å². The van der Waals surface area contributed by atoms with E-state index in [1.165, 1.54) is 25.5 Å². The van der Waals surface area contributed by atoms with Crippen molar-refractivity contribution >= 4 is 16.0 Å². The number of methoxy groups -OCH3 is 1. The van der Waals surface area contributed by atoms with E-state index < -0.39 is 16.0 Å². The Morgan fingerprint density at radius 1 is 1.30 bits per heavy atom. The molecule has 0 saturated heterocycles. The van der Waals surface area contributed by atoms with Gasteiger partial charge in [-0.25, -0.2) is 17.9 Å². The summed E-state index contributed by atoms with van der Waals surface area (Å²) in [5, 5.41) is 8.95. The Kier molecular flexibility index (Phi) is 4.76. The van der Waals surface area contributed by atoms with Gasteiger partial charge >= 0.3 is 5.97 Å². The van der Waals surface area contributed by atoms with Crippen LogP contribution in [0.3, 0.4) is 0 Å². The fraction of sp³-hybridized carbons (Fsp3) is 0.267. The Hall–Kier alpha value is -2.32. The van der Waals surface area contributed by atoms with Gasteiger partial charge in [0.1, 0.15) is 5.75 Å². The quantitative estimate of drug-likeness (QED) is 0.834. The van der Waals surface area contributed by atoms with Gasteiger partial charge in [-0.05, 0) is 43.2 Å². The van der Waals surface area contributed by atoms with Crippen molar-refractivity contribution < 1.29 is 27.5 Å². The zero-order valence-corrected chi connectivity index (χ0v) is 13.7. The van der Waals surface area contributed by atoms with Crippen LogP contribution in [0.15, 0.2) is 33.8 Å². The van der Waals surface area contributed by atoms with E-state index in [1.807, 2.05) is 0 Å². The smallest absolute Gasteiger partial charge is 0.372 e. The van der Waals surface area contributed by atoms with Crippen molar-refractivity contribution in [1.82, 2.24) is 4.72 Å². The third-order valence-electron chi connectivity index (χ3n) is 3.38. The third-order valence-corrected chi connectivity index (χ3v) is 4.92. The highest BCUT2D eigenvalue weighted by molar-refractivity contribution is 7.89. The molecule has 0 saturated carbocycles. The molecule has 1 aromatic heterocycles. The standard InChI is InChI=1S/C15H17NO6S/c1-9-7-13(10(2)6-12(9)21-3)23(19,20)16-8-11-4-5-22-14(11)15(17)18/h4-7,16H,8H2,1-3H3,(H,17,18). The van der Waals surface area contributed by atoms with E-state index in [9.17, 15) is 13.2 Å². The van der Waals surface area contributed by atoms with Gasteiger partial charge in [-0.1, -0.05) is 0 Å². The van der Waals surface area contributed by atoms with Crippen molar-refractivity contribution in [2.45, 2.75) is 25.3 Å². The van der Waals surface area contributed by atoms with Crippen LogP contribution in [-0.4, -0.2) is 26.6 Å². The largest absolute Gasteiger partial charge is 0.496 e. The molecule has 0 spiro atoms. The third kappa shape index (κ3) is 3.54. The predicted octanol–water partition coefficient (Wildman–Crippen LogP) is 2.08. The van der Waals surface area contributed by atoms with E-state index in [4.69, 9.17) is 14.3 Å². The Balaban J connectivity index is 2.27. The monoisotopic (exact) mass is 339 g/mol. The molecule has 2 N–H and O–H groups in total. The van der Waals surface area contributed by atoms with Gasteiger partial charge in [0.05, 0.1) is 18.3 Å². The van der Waals surface area contributed by atoms with Gasteiger partial charge in [0.25, 0.3) is 0 Å². The molecule has 7 nitrogen and oxygen atoms in total. The van der Waals surface area contributed by atoms with Gasteiger partial charge in [-0.15, -0.1) is 0 Å². The molecule has 0 fully saturated rings. The number of carboxylic acid groups (broad SMARTS) is 1. The number of ether oxygens (including phenoxy) is 1. The highest BCUT2D eigenvalue weighted by Gasteiger charge is 2.21. The molecule has 0 amide bonds. The maximum absolute atomic E-state index is 12.5. The molecule has 2 aromatic rings. The lowest BCUT2D eigenvalue weighted by atomic mass is 10.1. The van der Waals surface area contributed by atoms with E-state index in [0.29, 0.717) is 16.9 Å². The molecule has 2 rings (SSSR count). The summed E-state index contributed by atoms with van der Waals surface area (Å²) < 4.78 is 37.3. The Morgan fingerprint density at radius 2 is 2.00 bits per heavy atom. The van der Waals surface area contributed by atoms with E-state index in [2.05, 4.69) is 4.72 Å². The number of aromatic carboxylic acids is 1. The van der Waals surface area contributed by atoms with Crippen LogP contribution in [0.1, 0.15) is 27.2 Å². The average molecular weight is 339 g/mol. The number of rotatable bonds is 6. The molecule has 0 unspecified atom stereocenters. The van der Waals surface area contributed by atoms with Crippen LogP contribution in [0.4, 0.5) is 0 Å². The first-order chi connectivity index (χ1) is 10.8. The molecule has 0 aliphatic rings. The number of carbonyl (C=O) groups is 1. The molecule has 0 aliphatic carbocycles. The number of furan rings is 1. The number of sulfonamides is 1. The fourth-order valence-electron chi connectivity index (χ4n) is 2.19. The van der Waals surface area contributed by atoms with Gasteiger partial charge in [0.2, 0.25) is 15.8 Å². The number of hydrogen-bond donors (Lipinski definition) is 2. The van der Waals surface area contributed by atoms with Crippen molar-refractivity contribution in [3.63, 3.8) is 0 Å². The number of hydrogen-bond acceptors (Lipinski definition) is 5. The lowest BCUT2D eigenvalue weighted by molar-refractivity contribution is 0.0660. The summed E-state index contributed by atoms with van der Waals surface area (Å²) in [6.07, 6.45) is 1.20. The van der Waals surface area contributed by atoms with Crippen molar-refractivity contribution in [1.29, 1.82) is 0 Å². The predicted molar refractivity (Wildman–Crippen MR) is 82.2 cm³/mol. The normalized spacial score (nSPS) is 11.4. The second-order valence-corrected chi connectivity index (χ2v) is 6.73. The summed E-state index contributed by atoms with van der Waals surface area (Å²) in [6.45, 7) is 3.23. The van der Waals surface area contributed by atoms with E-state index in [0.717, 1.165) is 0 Å². The minimum atomic E-state index is -3.80. The number of benzene rings is 1. The summed E-state index contributed by atoms with van der Waals surface area (Å²) in [4.78, 5) is 11.1. The van der Waals surface area contributed by atoms with Crippen LogP contribution in [-0.2, 0) is 16.6 Å². The second kappa shape index (κ2) is 6.43. The first kappa shape index (κ1) is 17.0. The zero-order valence-electron chi connectivity index (χ0n) is 12.9. The van der Waals surface area contributed by atoms with E-state index in [-0.39, 0.29) is 22.8 Å². The molecular weight excluding hydrogens is 322 g/mol. The van der Waals surface area contributed by atoms with Crippen molar-refractivity contribution in [3.8, 4) is 5.75 Å². The van der Waals surface area contributed by atoms with Crippen LogP contribution in [0.5, 0.6) is 5.75 Å². The Labute approximate surface area is 133 Å². The number of nitrogens with one attached hydrogen (secondary N) is 1. The lowest BCUT2D eigenvalue weighted by Gasteiger charge is -2.12. The molecule has 0 bridgehead atoms. The van der Waals surface area contributed by atoms with Crippen LogP contribution in [0, 0.1) is 13.8 Å². The highest BCUT2D eigenvalue weighted by atomic mass is 32.2. The molecule has 8 heteroatoms. The maximum atomic E-state index is 12.5. The van der Waals surface area contributed by atoms with Crippen molar-refractivity contribution in [2.75, 3.05) is 7.11 Å². The number of aryl methyl sites for hydroxylation is 2. The summed E-state index contributed by atoms with van der Waals surface area (Å²) in [6, 6.07) is 4.58. The molecular formula is C15H17NO6S. The Bertz CT molecular complexity index is 838. The molecule has 1 aromatic carbocycles. The van der Waals surface area contributed by atoms with Crippen LogP contribution >= 0.6 is 0 Å². The van der Waals surface area contributed by atoms with Crippen molar-refractivity contribution in [2.24, 2.45) is 0 Å². The zero-order chi connectivity index (χ0) is 17.2. The molecule has 0 atom stereocenters. The molecule has 23 heavy (non-hydrogen) atoms. The topological polar surface area (TPSA) is 106 Å². The van der Waals surface area contributed by atoms with Crippen molar-refractivity contribution in [3.05, 3.63) is 46.9 Å². The minimum absolute atomic E-state index is 0.121. The fourth-order valence-corrected chi connectivity index (χ4v) is 3.50. The molecule has 124 valence electrons. The highest BCUT2D eigenvalue weighted by Crippen LogP contribution is 2.25. The molecule has 1 heterocycles. The average Bonchev–Trinajstić information content (AvgIpc) is 2.95. The van der Waals surface area contributed by atoms with E-state index in [1.54, 1.807) is 19.9 Å². The summed E-state index contributed by atoms with van der Waals surface area (Å²) in [5.74, 6) is -0.930. The van der Waals surface area contributed by atoms with Gasteiger partial charge in [-0.3, -0.25) is 0 Å². The maximum Gasteiger partial charge on any atom is 0.372 e. The van der Waals surface area contributed by atoms with Gasteiger partial charge in [0, 0.05) is 12.1 Å².